The first-order valence-electron chi connectivity index (χ1n) is 9.99. The first-order chi connectivity index (χ1) is 14.3. The molecule has 144 valence electrons. The first-order valence-corrected chi connectivity index (χ1v) is 9.99. The molecule has 0 radical (unpaired) electrons. The predicted octanol–water partition coefficient (Wildman–Crippen LogP) is 4.20. The molecular weight excluding hydrogens is 360 g/mol. The van der Waals surface area contributed by atoms with E-state index < -0.39 is 0 Å². The summed E-state index contributed by atoms with van der Waals surface area (Å²) < 4.78 is 0. The van der Waals surface area contributed by atoms with Crippen LogP contribution in [0.2, 0.25) is 0 Å². The number of aromatic nitrogens is 4. The lowest BCUT2D eigenvalue weighted by molar-refractivity contribution is 0.205. The van der Waals surface area contributed by atoms with Crippen LogP contribution in [0.1, 0.15) is 35.4 Å². The van der Waals surface area contributed by atoms with Gasteiger partial charge in [-0.25, -0.2) is 4.98 Å². The van der Waals surface area contributed by atoms with Gasteiger partial charge in [0.15, 0.2) is 0 Å². The number of hydrogen-bond acceptors (Lipinski definition) is 4. The number of piperidine rings is 1. The molecule has 4 aromatic rings. The highest BCUT2D eigenvalue weighted by Gasteiger charge is 2.24. The third-order valence-electron chi connectivity index (χ3n) is 5.92. The third kappa shape index (κ3) is 3.41. The summed E-state index contributed by atoms with van der Waals surface area (Å²) in [6, 6.07) is 14.0. The average Bonchev–Trinajstić information content (AvgIpc) is 3.41. The lowest BCUT2D eigenvalue weighted by Crippen LogP contribution is -2.32. The largest absolute Gasteiger partial charge is 0.346 e. The number of pyridine rings is 1. The van der Waals surface area contributed by atoms with E-state index in [1.54, 1.807) is 0 Å². The molecule has 1 aliphatic heterocycles. The second kappa shape index (κ2) is 7.53. The molecule has 2 N–H and O–H groups in total. The quantitative estimate of drug-likeness (QED) is 0.554. The second-order valence-corrected chi connectivity index (χ2v) is 7.65. The van der Waals surface area contributed by atoms with Crippen molar-refractivity contribution >= 4 is 11.0 Å². The fourth-order valence-corrected chi connectivity index (χ4v) is 4.35. The van der Waals surface area contributed by atoms with Gasteiger partial charge in [0.25, 0.3) is 0 Å². The maximum Gasteiger partial charge on any atom is 0.137 e. The molecule has 1 aromatic carbocycles. The van der Waals surface area contributed by atoms with E-state index in [-0.39, 0.29) is 0 Å². The molecule has 0 unspecified atom stereocenters. The van der Waals surface area contributed by atoms with Crippen molar-refractivity contribution in [2.45, 2.75) is 25.3 Å². The monoisotopic (exact) mass is 382 g/mol. The van der Waals surface area contributed by atoms with E-state index in [0.717, 1.165) is 49.4 Å². The van der Waals surface area contributed by atoms with Crippen molar-refractivity contribution < 1.29 is 0 Å². The highest BCUT2D eigenvalue weighted by molar-refractivity contribution is 5.80. The van der Waals surface area contributed by atoms with Gasteiger partial charge in [0.1, 0.15) is 5.65 Å². The zero-order chi connectivity index (χ0) is 19.6. The number of fused-ring (bicyclic) bond motifs is 1. The average molecular weight is 382 g/mol. The Balaban J connectivity index is 1.27. The van der Waals surface area contributed by atoms with Crippen LogP contribution in [0.4, 0.5) is 0 Å². The van der Waals surface area contributed by atoms with Crippen LogP contribution in [0.15, 0.2) is 55.0 Å². The van der Waals surface area contributed by atoms with E-state index in [1.807, 2.05) is 42.7 Å². The Morgan fingerprint density at radius 1 is 1.14 bits per heavy atom. The topological polar surface area (TPSA) is 84.4 Å². The Bertz CT molecular complexity index is 1160. The molecule has 3 aromatic heterocycles. The molecule has 0 bridgehead atoms. The number of aromatic amines is 2. The van der Waals surface area contributed by atoms with Gasteiger partial charge >= 0.3 is 0 Å². The smallest absolute Gasteiger partial charge is 0.137 e. The number of nitriles is 1. The maximum absolute atomic E-state index is 9.00. The van der Waals surface area contributed by atoms with Gasteiger partial charge < -0.3 is 4.98 Å². The summed E-state index contributed by atoms with van der Waals surface area (Å²) in [5.74, 6) is 0.576. The molecule has 6 nitrogen and oxygen atoms in total. The van der Waals surface area contributed by atoms with Crippen molar-refractivity contribution in [1.82, 2.24) is 25.1 Å². The van der Waals surface area contributed by atoms with Crippen LogP contribution < -0.4 is 0 Å². The van der Waals surface area contributed by atoms with Gasteiger partial charge in [-0.05, 0) is 67.2 Å². The molecular formula is C23H22N6. The van der Waals surface area contributed by atoms with Gasteiger partial charge in [-0.2, -0.15) is 10.4 Å². The maximum atomic E-state index is 9.00. The predicted molar refractivity (Wildman–Crippen MR) is 112 cm³/mol. The zero-order valence-electron chi connectivity index (χ0n) is 16.1. The van der Waals surface area contributed by atoms with E-state index in [2.05, 4.69) is 43.4 Å². The van der Waals surface area contributed by atoms with Crippen molar-refractivity contribution in [3.63, 3.8) is 0 Å². The van der Waals surface area contributed by atoms with E-state index in [0.29, 0.717) is 11.5 Å². The lowest BCUT2D eigenvalue weighted by atomic mass is 9.89. The Morgan fingerprint density at radius 3 is 2.76 bits per heavy atom. The van der Waals surface area contributed by atoms with Gasteiger partial charge in [0.05, 0.1) is 23.5 Å². The summed E-state index contributed by atoms with van der Waals surface area (Å²) in [6.45, 7) is 3.01. The van der Waals surface area contributed by atoms with E-state index in [4.69, 9.17) is 5.26 Å². The molecule has 1 saturated heterocycles. The lowest BCUT2D eigenvalue weighted by Gasteiger charge is -2.31. The van der Waals surface area contributed by atoms with E-state index >= 15 is 0 Å². The molecule has 4 heterocycles. The molecule has 0 amide bonds. The standard InChI is InChI=1S/C23H22N6/c24-12-16-3-5-18(6-4-16)22-19(13-27-28-22)15-29-10-7-17(8-11-29)21-14-26-23-20(21)2-1-9-25-23/h1-6,9,13-14,17H,7-8,10-11,15H2,(H,25,26)(H,27,28). The van der Waals surface area contributed by atoms with Crippen molar-refractivity contribution in [3.8, 4) is 17.3 Å². The Morgan fingerprint density at radius 2 is 1.97 bits per heavy atom. The first kappa shape index (κ1) is 17.7. The van der Waals surface area contributed by atoms with Gasteiger partial charge in [0, 0.05) is 29.9 Å². The minimum Gasteiger partial charge on any atom is -0.346 e. The van der Waals surface area contributed by atoms with Crippen LogP contribution in [0.3, 0.4) is 0 Å². The van der Waals surface area contributed by atoms with Gasteiger partial charge in [0.2, 0.25) is 0 Å². The Hall–Kier alpha value is -3.43. The molecule has 0 aliphatic carbocycles. The van der Waals surface area contributed by atoms with Crippen molar-refractivity contribution in [2.24, 2.45) is 0 Å². The minimum absolute atomic E-state index is 0.576. The van der Waals surface area contributed by atoms with Crippen LogP contribution in [-0.4, -0.2) is 38.2 Å². The Kier molecular flexibility index (Phi) is 4.59. The number of hydrogen-bond donors (Lipinski definition) is 2. The number of nitrogens with zero attached hydrogens (tertiary/aromatic N) is 4. The number of likely N-dealkylation sites (tertiary alicyclic amines) is 1. The molecule has 0 saturated carbocycles. The fraction of sp³-hybridized carbons (Fsp3) is 0.261. The summed E-state index contributed by atoms with van der Waals surface area (Å²) in [5.41, 5.74) is 6.36. The molecule has 6 heteroatoms. The molecule has 0 spiro atoms. The third-order valence-corrected chi connectivity index (χ3v) is 5.92. The van der Waals surface area contributed by atoms with Gasteiger partial charge in [-0.15, -0.1) is 0 Å². The van der Waals surface area contributed by atoms with Gasteiger partial charge in [-0.1, -0.05) is 12.1 Å². The zero-order valence-corrected chi connectivity index (χ0v) is 16.1. The molecule has 1 aliphatic rings. The molecule has 29 heavy (non-hydrogen) atoms. The number of H-pyrrole nitrogens is 2. The SMILES string of the molecule is N#Cc1ccc(-c2[nH]ncc2CN2CCC(c3c[nH]c4ncccc34)CC2)cc1. The second-order valence-electron chi connectivity index (χ2n) is 7.65. The number of benzene rings is 1. The van der Waals surface area contributed by atoms with Crippen LogP contribution in [0.25, 0.3) is 22.3 Å². The molecule has 1 fully saturated rings. The minimum atomic E-state index is 0.576. The normalized spacial score (nSPS) is 15.6. The molecule has 0 atom stereocenters. The van der Waals surface area contributed by atoms with Crippen molar-refractivity contribution in [1.29, 1.82) is 5.26 Å². The van der Waals surface area contributed by atoms with Crippen LogP contribution >= 0.6 is 0 Å². The van der Waals surface area contributed by atoms with E-state index in [1.165, 1.54) is 16.5 Å². The highest BCUT2D eigenvalue weighted by Crippen LogP contribution is 2.33. The summed E-state index contributed by atoms with van der Waals surface area (Å²) in [5, 5.41) is 17.6. The van der Waals surface area contributed by atoms with Crippen LogP contribution in [-0.2, 0) is 6.54 Å². The van der Waals surface area contributed by atoms with Crippen LogP contribution in [0.5, 0.6) is 0 Å². The summed E-state index contributed by atoms with van der Waals surface area (Å²) in [6.07, 6.45) is 8.18. The fourth-order valence-electron chi connectivity index (χ4n) is 4.35. The molecule has 5 rings (SSSR count). The number of nitrogens with one attached hydrogen (secondary N) is 2. The number of rotatable bonds is 4. The van der Waals surface area contributed by atoms with Crippen molar-refractivity contribution in [2.75, 3.05) is 13.1 Å². The van der Waals surface area contributed by atoms with E-state index in [9.17, 15) is 0 Å². The highest BCUT2D eigenvalue weighted by atomic mass is 15.2. The summed E-state index contributed by atoms with van der Waals surface area (Å²) in [4.78, 5) is 10.2. The Labute approximate surface area is 169 Å². The van der Waals surface area contributed by atoms with Gasteiger partial charge in [-0.3, -0.25) is 10.00 Å². The van der Waals surface area contributed by atoms with Crippen LogP contribution in [0, 0.1) is 11.3 Å². The summed E-state index contributed by atoms with van der Waals surface area (Å²) >= 11 is 0. The summed E-state index contributed by atoms with van der Waals surface area (Å²) in [7, 11) is 0. The van der Waals surface area contributed by atoms with Crippen molar-refractivity contribution in [3.05, 3.63) is 71.7 Å².